The molecule has 0 saturated heterocycles. The maximum atomic E-state index is 13.7. The van der Waals surface area contributed by atoms with Crippen LogP contribution in [0.5, 0.6) is 11.5 Å². The molecule has 8 nitrogen and oxygen atoms in total. The molecule has 0 saturated carbocycles. The van der Waals surface area contributed by atoms with E-state index in [1.807, 2.05) is 71.3 Å². The number of ether oxygens (including phenoxy) is 3. The van der Waals surface area contributed by atoms with Gasteiger partial charge >= 0.3 is 5.97 Å². The van der Waals surface area contributed by atoms with Crippen LogP contribution in [0.1, 0.15) is 16.8 Å². The average molecular weight is 526 g/mol. The number of carbonyl (C=O) groups is 2. The van der Waals surface area contributed by atoms with E-state index in [9.17, 15) is 9.59 Å². The number of aryl methyl sites for hydroxylation is 1. The Hall–Kier alpha value is -4.50. The second-order valence-electron chi connectivity index (χ2n) is 8.68. The van der Waals surface area contributed by atoms with Crippen molar-refractivity contribution in [3.8, 4) is 22.8 Å². The van der Waals surface area contributed by atoms with Gasteiger partial charge in [0.05, 0.1) is 40.5 Å². The lowest BCUT2D eigenvalue weighted by Crippen LogP contribution is -2.19. The molecule has 1 aliphatic rings. The maximum absolute atomic E-state index is 13.7. The van der Waals surface area contributed by atoms with Gasteiger partial charge in [-0.15, -0.1) is 0 Å². The normalized spacial score (nSPS) is 13.1. The van der Waals surface area contributed by atoms with Crippen LogP contribution >= 0.6 is 11.3 Å². The molecule has 6 rings (SSSR count). The molecule has 0 bridgehead atoms. The van der Waals surface area contributed by atoms with Gasteiger partial charge in [0, 0.05) is 29.6 Å². The number of nitrogens with zero attached hydrogens (tertiary/aromatic N) is 3. The number of amides is 1. The topological polar surface area (TPSA) is 92.0 Å². The van der Waals surface area contributed by atoms with E-state index in [0.29, 0.717) is 52.8 Å². The van der Waals surface area contributed by atoms with E-state index in [0.717, 1.165) is 21.2 Å². The summed E-state index contributed by atoms with van der Waals surface area (Å²) >= 11 is 1.36. The van der Waals surface area contributed by atoms with E-state index < -0.39 is 5.91 Å². The maximum Gasteiger partial charge on any atom is 0.307 e. The van der Waals surface area contributed by atoms with Gasteiger partial charge in [-0.25, -0.2) is 4.98 Å². The highest BCUT2D eigenvalue weighted by atomic mass is 32.1. The van der Waals surface area contributed by atoms with Crippen molar-refractivity contribution in [3.05, 3.63) is 83.2 Å². The number of aromatic nitrogens is 2. The predicted molar refractivity (Wildman–Crippen MR) is 145 cm³/mol. The molecule has 1 amide bonds. The standard InChI is InChI=1S/C29H23N3O5S/c1-35-27(33)11-12-32-23-16-24-25(37-14-13-36-24)17-26(23)38-29(32)31-28(34)20-15-22(18-7-3-2-4-8-18)30-21-10-6-5-9-19(20)21/h2-10,15-17H,11-14H2,1H3. The predicted octanol–water partition coefficient (Wildman–Crippen LogP) is 4.99. The number of esters is 1. The number of fused-ring (bicyclic) bond motifs is 3. The van der Waals surface area contributed by atoms with Crippen LogP contribution in [0.15, 0.2) is 77.8 Å². The number of benzene rings is 3. The van der Waals surface area contributed by atoms with Crippen molar-refractivity contribution >= 4 is 44.3 Å². The van der Waals surface area contributed by atoms with E-state index >= 15 is 0 Å². The summed E-state index contributed by atoms with van der Waals surface area (Å²) in [5.74, 6) is 0.533. The number of para-hydroxylation sites is 1. The van der Waals surface area contributed by atoms with Gasteiger partial charge in [0.2, 0.25) is 0 Å². The number of pyridine rings is 1. The van der Waals surface area contributed by atoms with Gasteiger partial charge in [-0.3, -0.25) is 9.59 Å². The van der Waals surface area contributed by atoms with Gasteiger partial charge < -0.3 is 18.8 Å². The third-order valence-electron chi connectivity index (χ3n) is 6.33. The number of methoxy groups -OCH3 is 1. The molecule has 5 aromatic rings. The fraction of sp³-hybridized carbons (Fsp3) is 0.172. The van der Waals surface area contributed by atoms with Gasteiger partial charge in [-0.2, -0.15) is 4.99 Å². The van der Waals surface area contributed by atoms with Crippen LogP contribution < -0.4 is 14.3 Å². The molecule has 0 aliphatic carbocycles. The lowest BCUT2D eigenvalue weighted by Gasteiger charge is -2.18. The molecule has 1 aliphatic heterocycles. The zero-order valence-corrected chi connectivity index (χ0v) is 21.4. The smallest absolute Gasteiger partial charge is 0.307 e. The largest absolute Gasteiger partial charge is 0.486 e. The molecule has 0 atom stereocenters. The van der Waals surface area contributed by atoms with Crippen LogP contribution in [0.4, 0.5) is 0 Å². The first-order valence-electron chi connectivity index (χ1n) is 12.1. The number of carbonyl (C=O) groups excluding carboxylic acids is 2. The fourth-order valence-electron chi connectivity index (χ4n) is 4.47. The Bertz CT molecular complexity index is 1760. The molecule has 38 heavy (non-hydrogen) atoms. The molecule has 0 N–H and O–H groups in total. The third kappa shape index (κ3) is 4.52. The molecule has 0 unspecified atom stereocenters. The van der Waals surface area contributed by atoms with Crippen molar-refractivity contribution in [2.75, 3.05) is 20.3 Å². The summed E-state index contributed by atoms with van der Waals surface area (Å²) in [6.07, 6.45) is 0.133. The van der Waals surface area contributed by atoms with E-state index in [2.05, 4.69) is 4.99 Å². The van der Waals surface area contributed by atoms with Crippen molar-refractivity contribution in [2.24, 2.45) is 4.99 Å². The number of hydrogen-bond donors (Lipinski definition) is 0. The second kappa shape index (κ2) is 10.1. The summed E-state index contributed by atoms with van der Waals surface area (Å²) in [7, 11) is 1.36. The highest BCUT2D eigenvalue weighted by Crippen LogP contribution is 2.36. The first-order chi connectivity index (χ1) is 18.6. The number of hydrogen-bond acceptors (Lipinski definition) is 7. The van der Waals surface area contributed by atoms with Crippen LogP contribution in [-0.4, -0.2) is 41.8 Å². The van der Waals surface area contributed by atoms with Crippen molar-refractivity contribution in [2.45, 2.75) is 13.0 Å². The Balaban J connectivity index is 1.51. The third-order valence-corrected chi connectivity index (χ3v) is 7.37. The lowest BCUT2D eigenvalue weighted by molar-refractivity contribution is -0.140. The molecule has 3 heterocycles. The summed E-state index contributed by atoms with van der Waals surface area (Å²) in [5.41, 5.74) is 3.58. The monoisotopic (exact) mass is 525 g/mol. The zero-order valence-electron chi connectivity index (χ0n) is 20.5. The zero-order chi connectivity index (χ0) is 26.1. The summed E-state index contributed by atoms with van der Waals surface area (Å²) < 4.78 is 19.1. The van der Waals surface area contributed by atoms with Crippen molar-refractivity contribution in [1.29, 1.82) is 0 Å². The quantitative estimate of drug-likeness (QED) is 0.300. The Morgan fingerprint density at radius 1 is 1.00 bits per heavy atom. The first kappa shape index (κ1) is 23.9. The van der Waals surface area contributed by atoms with Crippen LogP contribution in [0, 0.1) is 0 Å². The molecule has 9 heteroatoms. The summed E-state index contributed by atoms with van der Waals surface area (Å²) in [4.78, 5) is 35.5. The van der Waals surface area contributed by atoms with Crippen LogP contribution in [0.2, 0.25) is 0 Å². The Morgan fingerprint density at radius 2 is 1.74 bits per heavy atom. The molecule has 0 spiro atoms. The second-order valence-corrected chi connectivity index (χ2v) is 9.69. The van der Waals surface area contributed by atoms with Crippen molar-refractivity contribution < 1.29 is 23.8 Å². The minimum atomic E-state index is -0.392. The SMILES string of the molecule is COC(=O)CCn1c(=NC(=O)c2cc(-c3ccccc3)nc3ccccc23)sc2cc3c(cc21)OCCO3. The van der Waals surface area contributed by atoms with E-state index in [1.165, 1.54) is 18.4 Å². The minimum absolute atomic E-state index is 0.133. The fourth-order valence-corrected chi connectivity index (χ4v) is 5.53. The minimum Gasteiger partial charge on any atom is -0.486 e. The highest BCUT2D eigenvalue weighted by molar-refractivity contribution is 7.16. The average Bonchev–Trinajstić information content (AvgIpc) is 3.29. The molecule has 0 fully saturated rings. The van der Waals surface area contributed by atoms with Crippen LogP contribution in [0.25, 0.3) is 32.4 Å². The highest BCUT2D eigenvalue weighted by Gasteiger charge is 2.19. The Kier molecular flexibility index (Phi) is 6.35. The van der Waals surface area contributed by atoms with E-state index in [4.69, 9.17) is 19.2 Å². The van der Waals surface area contributed by atoms with Gasteiger partial charge in [-0.05, 0) is 12.1 Å². The molecule has 2 aromatic heterocycles. The van der Waals surface area contributed by atoms with Gasteiger partial charge in [0.1, 0.15) is 13.2 Å². The lowest BCUT2D eigenvalue weighted by atomic mass is 10.0. The van der Waals surface area contributed by atoms with Crippen molar-refractivity contribution in [3.63, 3.8) is 0 Å². The Labute approximate surface area is 221 Å². The van der Waals surface area contributed by atoms with Gasteiger partial charge in [0.25, 0.3) is 5.91 Å². The van der Waals surface area contributed by atoms with Gasteiger partial charge in [-0.1, -0.05) is 59.9 Å². The van der Waals surface area contributed by atoms with Crippen LogP contribution in [-0.2, 0) is 16.1 Å². The number of thiazole rings is 1. The first-order valence-corrected chi connectivity index (χ1v) is 13.0. The summed E-state index contributed by atoms with van der Waals surface area (Å²) in [5, 5.41) is 0.723. The molecule has 3 aromatic carbocycles. The Morgan fingerprint density at radius 3 is 2.53 bits per heavy atom. The van der Waals surface area contributed by atoms with Crippen molar-refractivity contribution in [1.82, 2.24) is 9.55 Å². The van der Waals surface area contributed by atoms with E-state index in [1.54, 1.807) is 6.07 Å². The molecular weight excluding hydrogens is 502 g/mol. The molecule has 190 valence electrons. The van der Waals surface area contributed by atoms with Gasteiger partial charge in [0.15, 0.2) is 16.3 Å². The van der Waals surface area contributed by atoms with E-state index in [-0.39, 0.29) is 12.4 Å². The van der Waals surface area contributed by atoms with Crippen LogP contribution in [0.3, 0.4) is 0 Å². The molecule has 0 radical (unpaired) electrons. The number of rotatable bonds is 5. The summed E-state index contributed by atoms with van der Waals surface area (Å²) in [6, 6.07) is 22.8. The molecular formula is C29H23N3O5S. The summed E-state index contributed by atoms with van der Waals surface area (Å²) in [6.45, 7) is 1.23.